The number of nitrogens with zero attached hydrogens (tertiary/aromatic N) is 5. The van der Waals surface area contributed by atoms with Crippen molar-refractivity contribution in [3.05, 3.63) is 42.1 Å². The topological polar surface area (TPSA) is 66.5 Å². The zero-order chi connectivity index (χ0) is 20.6. The second kappa shape index (κ2) is 7.77. The number of hydrogen-bond acceptors (Lipinski definition) is 5. The molecule has 0 radical (unpaired) electrons. The lowest BCUT2D eigenvalue weighted by Crippen LogP contribution is -2.22. The molecule has 0 aliphatic carbocycles. The predicted octanol–water partition coefficient (Wildman–Crippen LogP) is 4.72. The lowest BCUT2D eigenvalue weighted by atomic mass is 10.1. The van der Waals surface area contributed by atoms with Crippen LogP contribution in [-0.4, -0.2) is 45.9 Å². The molecule has 29 heavy (non-hydrogen) atoms. The molecular formula is C20H24ClN5O2Si. The molecule has 0 fully saturated rings. The van der Waals surface area contributed by atoms with E-state index in [1.807, 2.05) is 29.1 Å². The van der Waals surface area contributed by atoms with E-state index in [1.54, 1.807) is 17.7 Å². The van der Waals surface area contributed by atoms with E-state index in [0.717, 1.165) is 34.8 Å². The van der Waals surface area contributed by atoms with Crippen molar-refractivity contribution in [2.75, 3.05) is 13.7 Å². The number of aromatic nitrogens is 5. The van der Waals surface area contributed by atoms with Gasteiger partial charge in [0.2, 0.25) is 0 Å². The van der Waals surface area contributed by atoms with Gasteiger partial charge in [-0.05, 0) is 24.2 Å². The van der Waals surface area contributed by atoms with Gasteiger partial charge >= 0.3 is 0 Å². The third-order valence-electron chi connectivity index (χ3n) is 4.81. The summed E-state index contributed by atoms with van der Waals surface area (Å²) >= 11 is 6.18. The maximum atomic E-state index is 6.18. The Morgan fingerprint density at radius 1 is 1.10 bits per heavy atom. The summed E-state index contributed by atoms with van der Waals surface area (Å²) in [5, 5.41) is 5.61. The van der Waals surface area contributed by atoms with Gasteiger partial charge in [-0.1, -0.05) is 31.2 Å². The molecule has 0 amide bonds. The predicted molar refractivity (Wildman–Crippen MR) is 117 cm³/mol. The Morgan fingerprint density at radius 2 is 1.93 bits per heavy atom. The fourth-order valence-electron chi connectivity index (χ4n) is 3.27. The molecule has 0 aliphatic rings. The molecule has 0 aliphatic heterocycles. The molecule has 4 heterocycles. The average molecular weight is 430 g/mol. The van der Waals surface area contributed by atoms with Crippen LogP contribution in [0.2, 0.25) is 30.8 Å². The summed E-state index contributed by atoms with van der Waals surface area (Å²) in [7, 11) is 0.500. The van der Waals surface area contributed by atoms with Gasteiger partial charge in [-0.15, -0.1) is 0 Å². The van der Waals surface area contributed by atoms with Crippen LogP contribution in [0.5, 0.6) is 5.75 Å². The average Bonchev–Trinajstić information content (AvgIpc) is 3.28. The largest absolute Gasteiger partial charge is 0.492 e. The fraction of sp³-hybridized carbons (Fsp3) is 0.350. The number of pyridine rings is 2. The highest BCUT2D eigenvalue weighted by Crippen LogP contribution is 2.38. The van der Waals surface area contributed by atoms with Gasteiger partial charge in [0.05, 0.1) is 7.11 Å². The Bertz CT molecular complexity index is 1170. The van der Waals surface area contributed by atoms with Crippen molar-refractivity contribution in [1.29, 1.82) is 0 Å². The molecule has 9 heteroatoms. The van der Waals surface area contributed by atoms with Crippen LogP contribution in [0.1, 0.15) is 0 Å². The molecule has 0 aromatic carbocycles. The quantitative estimate of drug-likeness (QED) is 0.241. The normalized spacial score (nSPS) is 12.2. The lowest BCUT2D eigenvalue weighted by Gasteiger charge is -2.15. The Morgan fingerprint density at radius 3 is 2.69 bits per heavy atom. The number of hydrogen-bond donors (Lipinski definition) is 0. The Labute approximate surface area is 175 Å². The standard InChI is InChI=1S/C20H24ClN5O2Si/c1-27-18-14(7-8-26-20(18)22-12-23-26)16-11-25(13-28-9-10-29(2,3)4)19-15(16)5-6-17(21)24-19/h5-8,11-12H,9-10,13H2,1-4H3. The van der Waals surface area contributed by atoms with Crippen molar-refractivity contribution in [3.8, 4) is 16.9 Å². The fourth-order valence-corrected chi connectivity index (χ4v) is 4.17. The van der Waals surface area contributed by atoms with E-state index in [1.165, 1.54) is 6.33 Å². The first-order valence-corrected chi connectivity index (χ1v) is 13.6. The molecule has 4 aromatic heterocycles. The molecule has 0 atom stereocenters. The number of methoxy groups -OCH3 is 1. The first-order valence-electron chi connectivity index (χ1n) is 9.47. The number of fused-ring (bicyclic) bond motifs is 2. The molecule has 7 nitrogen and oxygen atoms in total. The first kappa shape index (κ1) is 19.9. The van der Waals surface area contributed by atoms with Crippen LogP contribution in [0.15, 0.2) is 36.9 Å². The van der Waals surface area contributed by atoms with Crippen molar-refractivity contribution in [2.45, 2.75) is 32.4 Å². The second-order valence-corrected chi connectivity index (χ2v) is 14.2. The van der Waals surface area contributed by atoms with Gasteiger partial charge in [-0.25, -0.2) is 14.5 Å². The minimum Gasteiger partial charge on any atom is -0.492 e. The number of halogens is 1. The van der Waals surface area contributed by atoms with Gasteiger partial charge in [-0.2, -0.15) is 5.10 Å². The van der Waals surface area contributed by atoms with E-state index in [-0.39, 0.29) is 0 Å². The Kier molecular flexibility index (Phi) is 5.33. The van der Waals surface area contributed by atoms with Crippen molar-refractivity contribution >= 4 is 36.4 Å². The maximum absolute atomic E-state index is 6.18. The van der Waals surface area contributed by atoms with Gasteiger partial charge in [0.25, 0.3) is 0 Å². The molecule has 0 N–H and O–H groups in total. The minimum absolute atomic E-state index is 0.420. The summed E-state index contributed by atoms with van der Waals surface area (Å²) in [6.07, 6.45) is 5.42. The van der Waals surface area contributed by atoms with E-state index in [0.29, 0.717) is 23.3 Å². The molecule has 0 saturated carbocycles. The molecule has 0 saturated heterocycles. The second-order valence-electron chi connectivity index (χ2n) is 8.16. The number of ether oxygens (including phenoxy) is 2. The van der Waals surface area contributed by atoms with Crippen molar-refractivity contribution in [3.63, 3.8) is 0 Å². The van der Waals surface area contributed by atoms with E-state index in [4.69, 9.17) is 21.1 Å². The smallest absolute Gasteiger partial charge is 0.198 e. The van der Waals surface area contributed by atoms with Crippen LogP contribution in [-0.2, 0) is 11.5 Å². The van der Waals surface area contributed by atoms with E-state index < -0.39 is 8.07 Å². The Hall–Kier alpha value is -2.42. The monoisotopic (exact) mass is 429 g/mol. The maximum Gasteiger partial charge on any atom is 0.198 e. The summed E-state index contributed by atoms with van der Waals surface area (Å²) in [6.45, 7) is 8.18. The van der Waals surface area contributed by atoms with Gasteiger partial charge in [0, 0.05) is 43.6 Å². The summed E-state index contributed by atoms with van der Waals surface area (Å²) < 4.78 is 15.3. The summed E-state index contributed by atoms with van der Waals surface area (Å²) in [5.41, 5.74) is 3.35. The highest BCUT2D eigenvalue weighted by Gasteiger charge is 2.19. The summed E-state index contributed by atoms with van der Waals surface area (Å²) in [5.74, 6) is 0.665. The summed E-state index contributed by atoms with van der Waals surface area (Å²) in [6, 6.07) is 6.86. The first-order chi connectivity index (χ1) is 13.9. The third-order valence-corrected chi connectivity index (χ3v) is 6.73. The van der Waals surface area contributed by atoms with Gasteiger partial charge < -0.3 is 14.0 Å². The minimum atomic E-state index is -1.14. The van der Waals surface area contributed by atoms with Gasteiger partial charge in [0.15, 0.2) is 11.4 Å². The molecule has 4 rings (SSSR count). The summed E-state index contributed by atoms with van der Waals surface area (Å²) in [4.78, 5) is 8.86. The van der Waals surface area contributed by atoms with Crippen LogP contribution < -0.4 is 4.74 Å². The van der Waals surface area contributed by atoms with Crippen LogP contribution in [0.3, 0.4) is 0 Å². The van der Waals surface area contributed by atoms with Gasteiger partial charge in [-0.3, -0.25) is 0 Å². The van der Waals surface area contributed by atoms with Crippen LogP contribution in [0, 0.1) is 0 Å². The molecule has 0 unspecified atom stereocenters. The molecule has 0 bridgehead atoms. The van der Waals surface area contributed by atoms with Crippen molar-refractivity contribution < 1.29 is 9.47 Å². The molecule has 152 valence electrons. The molecule has 0 spiro atoms. The molecule has 4 aromatic rings. The van der Waals surface area contributed by atoms with E-state index in [2.05, 4.69) is 34.7 Å². The van der Waals surface area contributed by atoms with Gasteiger partial charge in [0.1, 0.15) is 23.9 Å². The zero-order valence-corrected chi connectivity index (χ0v) is 18.8. The van der Waals surface area contributed by atoms with Crippen LogP contribution >= 0.6 is 11.6 Å². The highest BCUT2D eigenvalue weighted by atomic mass is 35.5. The SMILES string of the molecule is COc1c(-c2cn(COCC[Si](C)(C)C)c3nc(Cl)ccc23)ccn2ncnc12. The number of rotatable bonds is 7. The molecular weight excluding hydrogens is 406 g/mol. The van der Waals surface area contributed by atoms with Crippen molar-refractivity contribution in [2.24, 2.45) is 0 Å². The van der Waals surface area contributed by atoms with Crippen LogP contribution in [0.25, 0.3) is 27.8 Å². The van der Waals surface area contributed by atoms with Crippen LogP contribution in [0.4, 0.5) is 0 Å². The zero-order valence-electron chi connectivity index (χ0n) is 17.0. The third kappa shape index (κ3) is 4.01. The lowest BCUT2D eigenvalue weighted by molar-refractivity contribution is 0.0899. The van der Waals surface area contributed by atoms with E-state index in [9.17, 15) is 0 Å². The van der Waals surface area contributed by atoms with Crippen molar-refractivity contribution in [1.82, 2.24) is 24.1 Å². The van der Waals surface area contributed by atoms with E-state index >= 15 is 0 Å². The Balaban J connectivity index is 1.76. The highest BCUT2D eigenvalue weighted by molar-refractivity contribution is 6.76.